The maximum Gasteiger partial charge on any atom is 0.335 e. The Labute approximate surface area is 128 Å². The molecule has 0 bridgehead atoms. The van der Waals surface area contributed by atoms with Crippen molar-refractivity contribution in [2.24, 2.45) is 0 Å². The molecule has 108 valence electrons. The van der Waals surface area contributed by atoms with Crippen LogP contribution in [-0.4, -0.2) is 16.2 Å². The molecule has 0 saturated heterocycles. The predicted octanol–water partition coefficient (Wildman–Crippen LogP) is 3.18. The van der Waals surface area contributed by atoms with Gasteiger partial charge in [0, 0.05) is 12.2 Å². The van der Waals surface area contributed by atoms with E-state index in [2.05, 4.69) is 22.8 Å². The third kappa shape index (κ3) is 4.57. The van der Waals surface area contributed by atoms with Gasteiger partial charge in [-0.1, -0.05) is 29.8 Å². The molecule has 21 heavy (non-hydrogen) atoms. The van der Waals surface area contributed by atoms with Gasteiger partial charge in [-0.25, -0.2) is 4.79 Å². The number of carboxylic acid groups (broad SMARTS) is 1. The van der Waals surface area contributed by atoms with E-state index in [1.807, 2.05) is 19.1 Å². The molecule has 0 aromatic heterocycles. The number of benzene rings is 2. The van der Waals surface area contributed by atoms with Crippen molar-refractivity contribution >= 4 is 29.0 Å². The zero-order valence-electron chi connectivity index (χ0n) is 11.6. The maximum atomic E-state index is 10.8. The van der Waals surface area contributed by atoms with Crippen molar-refractivity contribution in [1.82, 2.24) is 5.32 Å². The number of rotatable bonds is 4. The van der Waals surface area contributed by atoms with Gasteiger partial charge in [-0.05, 0) is 49.0 Å². The van der Waals surface area contributed by atoms with E-state index in [9.17, 15) is 4.79 Å². The first-order valence-corrected chi connectivity index (χ1v) is 6.89. The van der Waals surface area contributed by atoms with E-state index in [0.717, 1.165) is 11.3 Å². The Morgan fingerprint density at radius 1 is 1.10 bits per heavy atom. The lowest BCUT2D eigenvalue weighted by molar-refractivity contribution is 0.0697. The van der Waals surface area contributed by atoms with Gasteiger partial charge in [-0.2, -0.15) is 0 Å². The monoisotopic (exact) mass is 300 g/mol. The molecule has 0 atom stereocenters. The molecule has 0 spiro atoms. The van der Waals surface area contributed by atoms with Crippen molar-refractivity contribution in [1.29, 1.82) is 0 Å². The molecule has 0 saturated carbocycles. The highest BCUT2D eigenvalue weighted by molar-refractivity contribution is 7.80. The molecule has 0 aliphatic rings. The van der Waals surface area contributed by atoms with Crippen LogP contribution in [0.15, 0.2) is 48.5 Å². The van der Waals surface area contributed by atoms with Gasteiger partial charge in [0.25, 0.3) is 0 Å². The summed E-state index contributed by atoms with van der Waals surface area (Å²) in [5.74, 6) is -0.943. The molecule has 2 aromatic rings. The Kier molecular flexibility index (Phi) is 4.90. The van der Waals surface area contributed by atoms with E-state index in [1.165, 1.54) is 17.7 Å². The van der Waals surface area contributed by atoms with E-state index in [4.69, 9.17) is 17.3 Å². The third-order valence-corrected chi connectivity index (χ3v) is 3.21. The van der Waals surface area contributed by atoms with Gasteiger partial charge in [0.2, 0.25) is 0 Å². The fraction of sp³-hybridized carbons (Fsp3) is 0.125. The summed E-state index contributed by atoms with van der Waals surface area (Å²) in [6.07, 6.45) is 0. The van der Waals surface area contributed by atoms with E-state index in [-0.39, 0.29) is 5.56 Å². The van der Waals surface area contributed by atoms with Crippen LogP contribution in [0.5, 0.6) is 0 Å². The number of thiocarbonyl (C=S) groups is 1. The molecule has 2 aromatic carbocycles. The first kappa shape index (κ1) is 15.0. The first-order chi connectivity index (χ1) is 10.0. The third-order valence-electron chi connectivity index (χ3n) is 2.96. The molecule has 0 fully saturated rings. The van der Waals surface area contributed by atoms with Crippen LogP contribution in [0.3, 0.4) is 0 Å². The van der Waals surface area contributed by atoms with Crippen molar-refractivity contribution < 1.29 is 9.90 Å². The highest BCUT2D eigenvalue weighted by atomic mass is 32.1. The zero-order chi connectivity index (χ0) is 15.2. The lowest BCUT2D eigenvalue weighted by Gasteiger charge is -2.11. The fourth-order valence-corrected chi connectivity index (χ4v) is 1.95. The lowest BCUT2D eigenvalue weighted by atomic mass is 10.1. The van der Waals surface area contributed by atoms with Crippen molar-refractivity contribution in [3.63, 3.8) is 0 Å². The minimum atomic E-state index is -0.943. The molecular formula is C16H16N2O2S. The summed E-state index contributed by atoms with van der Waals surface area (Å²) in [6.45, 7) is 2.68. The summed E-state index contributed by atoms with van der Waals surface area (Å²) >= 11 is 5.21. The Morgan fingerprint density at radius 3 is 2.29 bits per heavy atom. The van der Waals surface area contributed by atoms with Gasteiger partial charge < -0.3 is 15.7 Å². The molecule has 0 aliphatic heterocycles. The minimum absolute atomic E-state index is 0.249. The van der Waals surface area contributed by atoms with Crippen LogP contribution in [0.2, 0.25) is 0 Å². The summed E-state index contributed by atoms with van der Waals surface area (Å²) < 4.78 is 0. The van der Waals surface area contributed by atoms with Crippen molar-refractivity contribution in [2.75, 3.05) is 5.32 Å². The van der Waals surface area contributed by atoms with Gasteiger partial charge in [0.1, 0.15) is 0 Å². The lowest BCUT2D eigenvalue weighted by Crippen LogP contribution is -2.27. The summed E-state index contributed by atoms with van der Waals surface area (Å²) in [5.41, 5.74) is 3.37. The van der Waals surface area contributed by atoms with Crippen LogP contribution < -0.4 is 10.6 Å². The van der Waals surface area contributed by atoms with Crippen LogP contribution in [0.25, 0.3) is 0 Å². The number of hydrogen-bond acceptors (Lipinski definition) is 2. The molecule has 0 heterocycles. The Bertz CT molecular complexity index is 636. The number of aromatic carboxylic acids is 1. The average Bonchev–Trinajstić information content (AvgIpc) is 2.47. The highest BCUT2D eigenvalue weighted by Crippen LogP contribution is 2.09. The van der Waals surface area contributed by atoms with Gasteiger partial charge in [-0.15, -0.1) is 0 Å². The second kappa shape index (κ2) is 6.85. The summed E-state index contributed by atoms with van der Waals surface area (Å²) in [5, 5.41) is 15.5. The fourth-order valence-electron chi connectivity index (χ4n) is 1.76. The van der Waals surface area contributed by atoms with Gasteiger partial charge in [-0.3, -0.25) is 0 Å². The van der Waals surface area contributed by atoms with Gasteiger partial charge in [0.05, 0.1) is 5.56 Å². The largest absolute Gasteiger partial charge is 0.478 e. The molecule has 0 amide bonds. The van der Waals surface area contributed by atoms with Gasteiger partial charge >= 0.3 is 5.97 Å². The molecular weight excluding hydrogens is 284 g/mol. The number of aryl methyl sites for hydroxylation is 1. The molecule has 0 radical (unpaired) electrons. The SMILES string of the molecule is Cc1ccc(CNC(=S)Nc2ccc(C(=O)O)cc2)cc1. The number of carboxylic acids is 1. The van der Waals surface area contributed by atoms with E-state index in [1.54, 1.807) is 12.1 Å². The second-order valence-corrected chi connectivity index (χ2v) is 5.08. The summed E-state index contributed by atoms with van der Waals surface area (Å²) in [4.78, 5) is 10.8. The Hall–Kier alpha value is -2.40. The van der Waals surface area contributed by atoms with Crippen molar-refractivity contribution in [2.45, 2.75) is 13.5 Å². The Morgan fingerprint density at radius 2 is 1.71 bits per heavy atom. The number of nitrogens with one attached hydrogen (secondary N) is 2. The maximum absolute atomic E-state index is 10.8. The van der Waals surface area contributed by atoms with Crippen LogP contribution in [0.1, 0.15) is 21.5 Å². The molecule has 2 rings (SSSR count). The van der Waals surface area contributed by atoms with E-state index >= 15 is 0 Å². The van der Waals surface area contributed by atoms with Crippen LogP contribution in [0, 0.1) is 6.92 Å². The molecule has 4 nitrogen and oxygen atoms in total. The summed E-state index contributed by atoms with van der Waals surface area (Å²) in [7, 11) is 0. The molecule has 5 heteroatoms. The van der Waals surface area contributed by atoms with Crippen molar-refractivity contribution in [3.05, 3.63) is 65.2 Å². The first-order valence-electron chi connectivity index (χ1n) is 6.48. The van der Waals surface area contributed by atoms with E-state index in [0.29, 0.717) is 11.7 Å². The van der Waals surface area contributed by atoms with Crippen LogP contribution in [0.4, 0.5) is 5.69 Å². The van der Waals surface area contributed by atoms with Crippen molar-refractivity contribution in [3.8, 4) is 0 Å². The normalized spacial score (nSPS) is 9.95. The second-order valence-electron chi connectivity index (χ2n) is 4.68. The average molecular weight is 300 g/mol. The quantitative estimate of drug-likeness (QED) is 0.757. The molecule has 0 aliphatic carbocycles. The molecule has 3 N–H and O–H groups in total. The number of carbonyl (C=O) groups is 1. The smallest absolute Gasteiger partial charge is 0.335 e. The van der Waals surface area contributed by atoms with Gasteiger partial charge in [0.15, 0.2) is 5.11 Å². The number of anilines is 1. The highest BCUT2D eigenvalue weighted by Gasteiger charge is 2.02. The van der Waals surface area contributed by atoms with Crippen LogP contribution >= 0.6 is 12.2 Å². The standard InChI is InChI=1S/C16H16N2O2S/c1-11-2-4-12(5-3-11)10-17-16(21)18-14-8-6-13(7-9-14)15(19)20/h2-9H,10H2,1H3,(H,19,20)(H2,17,18,21). The number of hydrogen-bond donors (Lipinski definition) is 3. The zero-order valence-corrected chi connectivity index (χ0v) is 12.4. The minimum Gasteiger partial charge on any atom is -0.478 e. The topological polar surface area (TPSA) is 61.4 Å². The molecule has 0 unspecified atom stereocenters. The predicted molar refractivity (Wildman–Crippen MR) is 87.6 cm³/mol. The summed E-state index contributed by atoms with van der Waals surface area (Å²) in [6, 6.07) is 14.6. The Balaban J connectivity index is 1.86. The van der Waals surface area contributed by atoms with Crippen LogP contribution in [-0.2, 0) is 6.54 Å². The van der Waals surface area contributed by atoms with E-state index < -0.39 is 5.97 Å².